The molecule has 1 aliphatic heterocycles. The van der Waals surface area contributed by atoms with Crippen LogP contribution in [-0.2, 0) is 14.3 Å². The van der Waals surface area contributed by atoms with Gasteiger partial charge in [-0.3, -0.25) is 9.59 Å². The molecule has 6 heteroatoms. The molecule has 0 spiro atoms. The minimum Gasteiger partial charge on any atom is -0.497 e. The summed E-state index contributed by atoms with van der Waals surface area (Å²) < 4.78 is 15.0. The molecular weight excluding hydrogens is 264 g/mol. The van der Waals surface area contributed by atoms with Crippen molar-refractivity contribution in [2.75, 3.05) is 20.3 Å². The van der Waals surface area contributed by atoms with Gasteiger partial charge in [0.1, 0.15) is 24.0 Å². The molecule has 0 radical (unpaired) electrons. The highest BCUT2D eigenvalue weighted by atomic mass is 16.5. The fourth-order valence-corrected chi connectivity index (χ4v) is 1.93. The topological polar surface area (TPSA) is 78.9 Å². The number of ketones is 2. The number of methoxy groups -OCH3 is 1. The minimum absolute atomic E-state index is 0.0835. The van der Waals surface area contributed by atoms with Gasteiger partial charge in [0, 0.05) is 6.07 Å². The van der Waals surface area contributed by atoms with Crippen molar-refractivity contribution in [3.05, 3.63) is 23.8 Å². The van der Waals surface area contributed by atoms with E-state index in [0.717, 1.165) is 0 Å². The van der Waals surface area contributed by atoms with E-state index < -0.39 is 23.5 Å². The average Bonchev–Trinajstić information content (AvgIpc) is 2.46. The van der Waals surface area contributed by atoms with Crippen LogP contribution in [0, 0.1) is 5.92 Å². The molecule has 20 heavy (non-hydrogen) atoms. The van der Waals surface area contributed by atoms with Crippen molar-refractivity contribution in [1.29, 1.82) is 0 Å². The van der Waals surface area contributed by atoms with E-state index in [1.807, 2.05) is 0 Å². The van der Waals surface area contributed by atoms with Crippen LogP contribution in [-0.4, -0.2) is 37.9 Å². The van der Waals surface area contributed by atoms with E-state index in [2.05, 4.69) is 4.74 Å². The number of hydrogen-bond acceptors (Lipinski definition) is 6. The van der Waals surface area contributed by atoms with Gasteiger partial charge in [-0.25, -0.2) is 4.79 Å². The summed E-state index contributed by atoms with van der Waals surface area (Å²) in [5.74, 6) is -2.57. The summed E-state index contributed by atoms with van der Waals surface area (Å²) in [4.78, 5) is 35.4. The smallest absolute Gasteiger partial charge is 0.375 e. The Bertz CT molecular complexity index is 563. The van der Waals surface area contributed by atoms with Gasteiger partial charge in [0.25, 0.3) is 5.78 Å². The molecule has 1 heterocycles. The van der Waals surface area contributed by atoms with Crippen molar-refractivity contribution in [1.82, 2.24) is 0 Å². The molecule has 0 fully saturated rings. The summed E-state index contributed by atoms with van der Waals surface area (Å²) >= 11 is 0. The van der Waals surface area contributed by atoms with E-state index >= 15 is 0 Å². The van der Waals surface area contributed by atoms with Crippen LogP contribution in [0.4, 0.5) is 0 Å². The second-order valence-corrected chi connectivity index (χ2v) is 4.17. The fraction of sp³-hybridized carbons (Fsp3) is 0.357. The minimum atomic E-state index is -1.14. The fourth-order valence-electron chi connectivity index (χ4n) is 1.93. The number of esters is 1. The second kappa shape index (κ2) is 5.73. The first kappa shape index (κ1) is 14.0. The maximum Gasteiger partial charge on any atom is 0.375 e. The van der Waals surface area contributed by atoms with Gasteiger partial charge >= 0.3 is 5.97 Å². The molecule has 1 atom stereocenters. The molecule has 1 aliphatic rings. The number of ether oxygens (including phenoxy) is 3. The number of carbonyl (C=O) groups excluding carboxylic acids is 3. The van der Waals surface area contributed by atoms with Gasteiger partial charge in [-0.05, 0) is 19.1 Å². The van der Waals surface area contributed by atoms with E-state index in [-0.39, 0.29) is 18.8 Å². The van der Waals surface area contributed by atoms with Crippen LogP contribution in [0.5, 0.6) is 11.5 Å². The Hall–Kier alpha value is -2.37. The van der Waals surface area contributed by atoms with E-state index in [4.69, 9.17) is 9.47 Å². The lowest BCUT2D eigenvalue weighted by atomic mass is 9.91. The summed E-state index contributed by atoms with van der Waals surface area (Å²) in [6.45, 7) is 1.50. The third-order valence-corrected chi connectivity index (χ3v) is 2.97. The molecule has 106 valence electrons. The summed E-state index contributed by atoms with van der Waals surface area (Å²) in [6, 6.07) is 4.68. The van der Waals surface area contributed by atoms with Crippen LogP contribution >= 0.6 is 0 Å². The predicted octanol–water partition coefficient (Wildman–Crippen LogP) is 1.02. The van der Waals surface area contributed by atoms with Crippen LogP contribution in [0.1, 0.15) is 17.3 Å². The zero-order valence-corrected chi connectivity index (χ0v) is 11.2. The van der Waals surface area contributed by atoms with Crippen molar-refractivity contribution in [3.63, 3.8) is 0 Å². The molecule has 0 aromatic heterocycles. The third kappa shape index (κ3) is 2.49. The van der Waals surface area contributed by atoms with Gasteiger partial charge in [0.15, 0.2) is 5.78 Å². The quantitative estimate of drug-likeness (QED) is 0.465. The molecular formula is C14H14O6. The highest BCUT2D eigenvalue weighted by Gasteiger charge is 2.38. The van der Waals surface area contributed by atoms with Crippen molar-refractivity contribution in [2.45, 2.75) is 6.92 Å². The lowest BCUT2D eigenvalue weighted by Crippen LogP contribution is -2.38. The van der Waals surface area contributed by atoms with Crippen LogP contribution in [0.2, 0.25) is 0 Å². The lowest BCUT2D eigenvalue weighted by molar-refractivity contribution is -0.155. The third-order valence-electron chi connectivity index (χ3n) is 2.97. The summed E-state index contributed by atoms with van der Waals surface area (Å²) in [5.41, 5.74) is 0.264. The number of carbonyl (C=O) groups is 3. The molecule has 0 N–H and O–H groups in total. The number of fused-ring (bicyclic) bond motifs is 1. The van der Waals surface area contributed by atoms with Gasteiger partial charge in [-0.15, -0.1) is 0 Å². The largest absolute Gasteiger partial charge is 0.497 e. The normalized spacial score (nSPS) is 16.9. The number of rotatable bonds is 4. The van der Waals surface area contributed by atoms with Crippen molar-refractivity contribution in [3.8, 4) is 11.5 Å². The molecule has 0 amide bonds. The van der Waals surface area contributed by atoms with Crippen molar-refractivity contribution in [2.24, 2.45) is 5.92 Å². The Balaban J connectivity index is 2.23. The Morgan fingerprint density at radius 1 is 1.40 bits per heavy atom. The van der Waals surface area contributed by atoms with E-state index in [1.165, 1.54) is 13.2 Å². The van der Waals surface area contributed by atoms with Crippen LogP contribution in [0.3, 0.4) is 0 Å². The maximum absolute atomic E-state index is 12.2. The molecule has 2 rings (SSSR count). The highest BCUT2D eigenvalue weighted by molar-refractivity contribution is 6.39. The highest BCUT2D eigenvalue weighted by Crippen LogP contribution is 2.31. The Labute approximate surface area is 115 Å². The Morgan fingerprint density at radius 2 is 2.15 bits per heavy atom. The van der Waals surface area contributed by atoms with E-state index in [1.54, 1.807) is 19.1 Å². The standard InChI is InChI=1S/C14H14O6/c1-3-19-14(17)13(16)10-7-20-11-6-8(18-2)4-5-9(11)12(10)15/h4-6,10H,3,7H2,1-2H3. The Kier molecular flexibility index (Phi) is 4.02. The van der Waals surface area contributed by atoms with Crippen molar-refractivity contribution >= 4 is 17.5 Å². The number of benzene rings is 1. The second-order valence-electron chi connectivity index (χ2n) is 4.17. The molecule has 0 aliphatic carbocycles. The monoisotopic (exact) mass is 278 g/mol. The van der Waals surface area contributed by atoms with Gasteiger partial charge < -0.3 is 14.2 Å². The first-order valence-electron chi connectivity index (χ1n) is 6.14. The van der Waals surface area contributed by atoms with Gasteiger partial charge in [0.05, 0.1) is 19.3 Å². The van der Waals surface area contributed by atoms with Crippen LogP contribution < -0.4 is 9.47 Å². The van der Waals surface area contributed by atoms with Gasteiger partial charge in [-0.2, -0.15) is 0 Å². The van der Waals surface area contributed by atoms with Gasteiger partial charge in [0.2, 0.25) is 0 Å². The zero-order chi connectivity index (χ0) is 14.7. The molecule has 1 unspecified atom stereocenters. The summed E-state index contributed by atoms with van der Waals surface area (Å²) in [6.07, 6.45) is 0. The summed E-state index contributed by atoms with van der Waals surface area (Å²) in [5, 5.41) is 0. The first-order chi connectivity index (χ1) is 9.58. The van der Waals surface area contributed by atoms with Crippen molar-refractivity contribution < 1.29 is 28.6 Å². The molecule has 1 aromatic carbocycles. The maximum atomic E-state index is 12.2. The predicted molar refractivity (Wildman–Crippen MR) is 67.9 cm³/mol. The van der Waals surface area contributed by atoms with Crippen LogP contribution in [0.25, 0.3) is 0 Å². The lowest BCUT2D eigenvalue weighted by Gasteiger charge is -2.22. The van der Waals surface area contributed by atoms with Gasteiger partial charge in [-0.1, -0.05) is 0 Å². The van der Waals surface area contributed by atoms with E-state index in [0.29, 0.717) is 11.5 Å². The molecule has 0 saturated carbocycles. The number of hydrogen-bond donors (Lipinski definition) is 0. The zero-order valence-electron chi connectivity index (χ0n) is 11.2. The molecule has 1 aromatic rings. The molecule has 0 bridgehead atoms. The molecule has 0 saturated heterocycles. The average molecular weight is 278 g/mol. The Morgan fingerprint density at radius 3 is 2.80 bits per heavy atom. The summed E-state index contributed by atoms with van der Waals surface area (Å²) in [7, 11) is 1.50. The molecule has 6 nitrogen and oxygen atoms in total. The first-order valence-corrected chi connectivity index (χ1v) is 6.14. The number of Topliss-reactive ketones (excluding diaryl/α,β-unsaturated/α-hetero) is 2. The van der Waals surface area contributed by atoms with E-state index in [9.17, 15) is 14.4 Å². The van der Waals surface area contributed by atoms with Crippen LogP contribution in [0.15, 0.2) is 18.2 Å². The SMILES string of the molecule is CCOC(=O)C(=O)C1COc2cc(OC)ccc2C1=O.